The molecule has 0 saturated heterocycles. The molecule has 0 spiro atoms. The maximum Gasteiger partial charge on any atom is 0.336 e. The van der Waals surface area contributed by atoms with E-state index in [1.807, 2.05) is 48.5 Å². The van der Waals surface area contributed by atoms with Crippen molar-refractivity contribution in [2.24, 2.45) is 0 Å². The molecule has 0 fully saturated rings. The molecule has 0 radical (unpaired) electrons. The fourth-order valence-electron chi connectivity index (χ4n) is 4.58. The Bertz CT molecular complexity index is 1950. The van der Waals surface area contributed by atoms with Gasteiger partial charge in [-0.1, -0.05) is 71.4 Å². The number of pyridine rings is 1. The first kappa shape index (κ1) is 22.6. The summed E-state index contributed by atoms with van der Waals surface area (Å²) in [7, 11) is 0. The van der Waals surface area contributed by atoms with Gasteiger partial charge in [-0.2, -0.15) is 0 Å². The Labute approximate surface area is 215 Å². The summed E-state index contributed by atoms with van der Waals surface area (Å²) in [5.74, 6) is 0. The van der Waals surface area contributed by atoms with Crippen LogP contribution in [0.3, 0.4) is 0 Å². The van der Waals surface area contributed by atoms with Gasteiger partial charge in [0, 0.05) is 34.1 Å². The Morgan fingerprint density at radius 1 is 0.946 bits per heavy atom. The van der Waals surface area contributed by atoms with Crippen LogP contribution in [0.5, 0.6) is 0 Å². The van der Waals surface area contributed by atoms with E-state index in [2.05, 4.69) is 21.9 Å². The SMILES string of the molecule is C=CCn1c(-c2cccc(Cl)c2)c(-n2nnc3ccccc32)c(=O)n(-c2cncc3ccccc23)c1=O. The number of aromatic nitrogens is 6. The molecule has 9 heteroatoms. The molecule has 0 N–H and O–H groups in total. The van der Waals surface area contributed by atoms with E-state index in [4.69, 9.17) is 11.6 Å². The van der Waals surface area contributed by atoms with Gasteiger partial charge in [-0.25, -0.2) is 14.0 Å². The first-order chi connectivity index (χ1) is 18.1. The molecule has 0 aliphatic rings. The maximum atomic E-state index is 14.4. The second-order valence-electron chi connectivity index (χ2n) is 8.40. The summed E-state index contributed by atoms with van der Waals surface area (Å²) >= 11 is 6.33. The predicted molar refractivity (Wildman–Crippen MR) is 145 cm³/mol. The minimum atomic E-state index is -0.561. The molecule has 0 aliphatic heterocycles. The highest BCUT2D eigenvalue weighted by Crippen LogP contribution is 2.28. The molecule has 0 unspecified atom stereocenters. The van der Waals surface area contributed by atoms with Gasteiger partial charge in [0.15, 0.2) is 5.69 Å². The molecule has 180 valence electrons. The fraction of sp³-hybridized carbons (Fsp3) is 0.0357. The maximum absolute atomic E-state index is 14.4. The van der Waals surface area contributed by atoms with E-state index >= 15 is 0 Å². The van der Waals surface area contributed by atoms with Gasteiger partial charge in [0.25, 0.3) is 5.56 Å². The zero-order valence-corrected chi connectivity index (χ0v) is 20.2. The normalized spacial score (nSPS) is 11.3. The van der Waals surface area contributed by atoms with Crippen LogP contribution in [0.15, 0.2) is 107 Å². The van der Waals surface area contributed by atoms with Crippen molar-refractivity contribution in [2.75, 3.05) is 0 Å². The van der Waals surface area contributed by atoms with Crippen molar-refractivity contribution in [3.05, 3.63) is 124 Å². The van der Waals surface area contributed by atoms with Crippen LogP contribution in [0.4, 0.5) is 0 Å². The number of fused-ring (bicyclic) bond motifs is 2. The molecule has 8 nitrogen and oxygen atoms in total. The number of allylic oxidation sites excluding steroid dienone is 1. The number of halogens is 1. The standard InChI is InChI=1S/C28H19ClN6O2/c1-2-14-33-25(18-9-7-10-20(29)15-18)26(35-23-13-6-5-12-22(23)31-32-35)27(36)34(28(33)37)24-17-30-16-19-8-3-4-11-21(19)24/h2-13,15-17H,1,14H2. The molecule has 3 heterocycles. The summed E-state index contributed by atoms with van der Waals surface area (Å²) in [5.41, 5.74) is 1.60. The first-order valence-corrected chi connectivity index (χ1v) is 11.9. The van der Waals surface area contributed by atoms with E-state index in [9.17, 15) is 9.59 Å². The van der Waals surface area contributed by atoms with Gasteiger partial charge in [0.05, 0.1) is 23.1 Å². The highest BCUT2D eigenvalue weighted by Gasteiger charge is 2.25. The molecule has 37 heavy (non-hydrogen) atoms. The molecule has 3 aromatic heterocycles. The van der Waals surface area contributed by atoms with Crippen molar-refractivity contribution in [1.29, 1.82) is 0 Å². The third-order valence-electron chi connectivity index (χ3n) is 6.18. The Morgan fingerprint density at radius 2 is 1.76 bits per heavy atom. The third-order valence-corrected chi connectivity index (χ3v) is 6.42. The van der Waals surface area contributed by atoms with Gasteiger partial charge in [-0.05, 0) is 24.3 Å². The van der Waals surface area contributed by atoms with Crippen LogP contribution in [0, 0.1) is 0 Å². The molecule has 0 atom stereocenters. The average molecular weight is 507 g/mol. The number of benzene rings is 3. The van der Waals surface area contributed by atoms with E-state index in [1.165, 1.54) is 15.4 Å². The first-order valence-electron chi connectivity index (χ1n) is 11.5. The van der Waals surface area contributed by atoms with E-state index in [0.29, 0.717) is 38.4 Å². The predicted octanol–water partition coefficient (Wildman–Crippen LogP) is 4.79. The Hall–Kier alpha value is -4.82. The Morgan fingerprint density at radius 3 is 2.59 bits per heavy atom. The summed E-state index contributed by atoms with van der Waals surface area (Å²) in [6.07, 6.45) is 4.82. The fourth-order valence-corrected chi connectivity index (χ4v) is 4.77. The van der Waals surface area contributed by atoms with Crippen LogP contribution in [0.1, 0.15) is 0 Å². The molecule has 0 amide bonds. The molecule has 6 rings (SSSR count). The second kappa shape index (κ2) is 9.00. The van der Waals surface area contributed by atoms with Crippen LogP contribution < -0.4 is 11.2 Å². The molecule has 6 aromatic rings. The summed E-state index contributed by atoms with van der Waals surface area (Å²) in [6.45, 7) is 3.98. The van der Waals surface area contributed by atoms with Gasteiger partial charge in [-0.3, -0.25) is 14.3 Å². The highest BCUT2D eigenvalue weighted by atomic mass is 35.5. The minimum absolute atomic E-state index is 0.138. The van der Waals surface area contributed by atoms with Crippen LogP contribution in [-0.4, -0.2) is 29.1 Å². The zero-order valence-electron chi connectivity index (χ0n) is 19.5. The minimum Gasteiger partial charge on any atom is -0.287 e. The third kappa shape index (κ3) is 3.66. The van der Waals surface area contributed by atoms with Crippen molar-refractivity contribution in [3.8, 4) is 22.6 Å². The van der Waals surface area contributed by atoms with Crippen LogP contribution >= 0.6 is 11.6 Å². The van der Waals surface area contributed by atoms with Crippen LogP contribution in [0.2, 0.25) is 5.02 Å². The van der Waals surface area contributed by atoms with Crippen LogP contribution in [-0.2, 0) is 6.54 Å². The summed E-state index contributed by atoms with van der Waals surface area (Å²) < 4.78 is 4.11. The van der Waals surface area contributed by atoms with Crippen molar-refractivity contribution in [2.45, 2.75) is 6.54 Å². The number of para-hydroxylation sites is 1. The van der Waals surface area contributed by atoms with Crippen molar-refractivity contribution in [3.63, 3.8) is 0 Å². The number of rotatable bonds is 5. The van der Waals surface area contributed by atoms with Gasteiger partial charge in [0.1, 0.15) is 5.52 Å². The van der Waals surface area contributed by atoms with Gasteiger partial charge < -0.3 is 0 Å². The lowest BCUT2D eigenvalue weighted by molar-refractivity contribution is 0.681. The van der Waals surface area contributed by atoms with E-state index in [-0.39, 0.29) is 12.2 Å². The lowest BCUT2D eigenvalue weighted by atomic mass is 10.1. The van der Waals surface area contributed by atoms with Gasteiger partial charge in [0.2, 0.25) is 0 Å². The monoisotopic (exact) mass is 506 g/mol. The van der Waals surface area contributed by atoms with Crippen molar-refractivity contribution >= 4 is 33.4 Å². The van der Waals surface area contributed by atoms with Crippen LogP contribution in [0.25, 0.3) is 44.4 Å². The van der Waals surface area contributed by atoms with Crippen molar-refractivity contribution in [1.82, 2.24) is 29.1 Å². The molecule has 0 saturated carbocycles. The second-order valence-corrected chi connectivity index (χ2v) is 8.84. The molecule has 0 aliphatic carbocycles. The molecule has 0 bridgehead atoms. The quantitative estimate of drug-likeness (QED) is 0.314. The van der Waals surface area contributed by atoms with E-state index in [1.54, 1.807) is 36.5 Å². The summed E-state index contributed by atoms with van der Waals surface area (Å²) in [6, 6.07) is 21.8. The molecular weight excluding hydrogens is 488 g/mol. The lowest BCUT2D eigenvalue weighted by Gasteiger charge is -2.19. The van der Waals surface area contributed by atoms with Gasteiger partial charge >= 0.3 is 5.69 Å². The molecular formula is C28H19ClN6O2. The topological polar surface area (TPSA) is 87.6 Å². The van der Waals surface area contributed by atoms with Gasteiger partial charge in [-0.15, -0.1) is 11.7 Å². The largest absolute Gasteiger partial charge is 0.336 e. The van der Waals surface area contributed by atoms with Crippen molar-refractivity contribution < 1.29 is 0 Å². The Balaban J connectivity index is 1.83. The number of nitrogens with zero attached hydrogens (tertiary/aromatic N) is 6. The Kier molecular flexibility index (Phi) is 5.50. The lowest BCUT2D eigenvalue weighted by Crippen LogP contribution is -2.42. The van der Waals surface area contributed by atoms with E-state index in [0.717, 1.165) is 9.95 Å². The number of hydrogen-bond acceptors (Lipinski definition) is 5. The number of hydrogen-bond donors (Lipinski definition) is 0. The zero-order chi connectivity index (χ0) is 25.5. The van der Waals surface area contributed by atoms with E-state index < -0.39 is 11.2 Å². The summed E-state index contributed by atoms with van der Waals surface area (Å²) in [5, 5.41) is 10.6. The molecule has 3 aromatic carbocycles. The summed E-state index contributed by atoms with van der Waals surface area (Å²) in [4.78, 5) is 32.7. The average Bonchev–Trinajstić information content (AvgIpc) is 3.34. The smallest absolute Gasteiger partial charge is 0.287 e. The highest BCUT2D eigenvalue weighted by molar-refractivity contribution is 6.30.